The number of imide groups is 1. The molecule has 0 radical (unpaired) electrons. The van der Waals surface area contributed by atoms with E-state index < -0.39 is 39.7 Å². The Hall–Kier alpha value is -1.80. The van der Waals surface area contributed by atoms with Crippen molar-refractivity contribution >= 4 is 21.8 Å². The lowest BCUT2D eigenvalue weighted by Gasteiger charge is -2.38. The maximum Gasteiger partial charge on any atom is 0.247 e. The molecule has 0 bridgehead atoms. The van der Waals surface area contributed by atoms with Crippen LogP contribution in [0.25, 0.3) is 0 Å². The molecule has 8 heteroatoms. The zero-order valence-electron chi connectivity index (χ0n) is 10.9. The molecule has 108 valence electrons. The quantitative estimate of drug-likeness (QED) is 0.794. The van der Waals surface area contributed by atoms with Gasteiger partial charge >= 0.3 is 0 Å². The highest BCUT2D eigenvalue weighted by Crippen LogP contribution is 2.26. The fraction of sp³-hybridized carbons (Fsp3) is 0.333. The molecule has 0 aliphatic carbocycles. The molecule has 1 aliphatic rings. The van der Waals surface area contributed by atoms with E-state index in [0.29, 0.717) is 0 Å². The minimum atomic E-state index is -4.07. The van der Waals surface area contributed by atoms with Gasteiger partial charge in [0.2, 0.25) is 21.8 Å². The Labute approximate surface area is 115 Å². The Morgan fingerprint density at radius 2 is 1.75 bits per heavy atom. The van der Waals surface area contributed by atoms with Crippen molar-refractivity contribution in [3.8, 4) is 0 Å². The Morgan fingerprint density at radius 3 is 2.30 bits per heavy atom. The molecule has 1 saturated heterocycles. The number of benzene rings is 1. The van der Waals surface area contributed by atoms with Gasteiger partial charge in [0, 0.05) is 0 Å². The summed E-state index contributed by atoms with van der Waals surface area (Å²) in [6.45, 7) is 2.34. The van der Waals surface area contributed by atoms with Crippen LogP contribution in [0.2, 0.25) is 0 Å². The maximum atomic E-state index is 12.9. The van der Waals surface area contributed by atoms with Crippen molar-refractivity contribution in [2.24, 2.45) is 0 Å². The number of halogens is 1. The summed E-state index contributed by atoms with van der Waals surface area (Å²) < 4.78 is 38.6. The van der Waals surface area contributed by atoms with Crippen molar-refractivity contribution in [3.63, 3.8) is 0 Å². The van der Waals surface area contributed by atoms with Gasteiger partial charge in [-0.15, -0.1) is 0 Å². The number of piperazine rings is 1. The zero-order chi connectivity index (χ0) is 15.1. The zero-order valence-corrected chi connectivity index (χ0v) is 11.7. The van der Waals surface area contributed by atoms with Gasteiger partial charge < -0.3 is 0 Å². The SMILES string of the molecule is CC1(C)C(=O)NC(=O)CN1S(=O)(=O)c1ccc(F)cc1. The first-order chi connectivity index (χ1) is 9.15. The molecule has 2 amide bonds. The molecular weight excluding hydrogens is 287 g/mol. The smallest absolute Gasteiger partial charge is 0.247 e. The first kappa shape index (κ1) is 14.6. The minimum Gasteiger partial charge on any atom is -0.294 e. The summed E-state index contributed by atoms with van der Waals surface area (Å²) in [5.41, 5.74) is -1.40. The molecule has 1 aliphatic heterocycles. The molecule has 1 aromatic carbocycles. The summed E-state index contributed by atoms with van der Waals surface area (Å²) in [6.07, 6.45) is 0. The van der Waals surface area contributed by atoms with Gasteiger partial charge in [-0.3, -0.25) is 14.9 Å². The van der Waals surface area contributed by atoms with Crippen LogP contribution in [0.4, 0.5) is 4.39 Å². The Morgan fingerprint density at radius 1 is 1.20 bits per heavy atom. The predicted octanol–water partition coefficient (Wildman–Crippen LogP) is 0.251. The topological polar surface area (TPSA) is 83.6 Å². The Balaban J connectivity index is 2.49. The number of nitrogens with one attached hydrogen (secondary N) is 1. The largest absolute Gasteiger partial charge is 0.294 e. The third-order valence-corrected chi connectivity index (χ3v) is 5.15. The second-order valence-corrected chi connectivity index (χ2v) is 6.76. The molecule has 0 spiro atoms. The van der Waals surface area contributed by atoms with E-state index in [4.69, 9.17) is 0 Å². The van der Waals surface area contributed by atoms with E-state index in [1.54, 1.807) is 0 Å². The highest BCUT2D eigenvalue weighted by molar-refractivity contribution is 7.89. The van der Waals surface area contributed by atoms with E-state index >= 15 is 0 Å². The Kier molecular flexibility index (Phi) is 3.39. The summed E-state index contributed by atoms with van der Waals surface area (Å²) in [7, 11) is -4.07. The lowest BCUT2D eigenvalue weighted by molar-refractivity contribution is -0.141. The van der Waals surface area contributed by atoms with Crippen molar-refractivity contribution in [2.75, 3.05) is 6.54 Å². The minimum absolute atomic E-state index is 0.172. The number of hydrogen-bond acceptors (Lipinski definition) is 4. The third-order valence-electron chi connectivity index (χ3n) is 3.12. The van der Waals surface area contributed by atoms with Crippen LogP contribution in [-0.4, -0.2) is 36.6 Å². The molecule has 1 fully saturated rings. The maximum absolute atomic E-state index is 12.9. The second-order valence-electron chi connectivity index (χ2n) is 4.90. The van der Waals surface area contributed by atoms with Crippen molar-refractivity contribution in [1.29, 1.82) is 0 Å². The lowest BCUT2D eigenvalue weighted by atomic mass is 10.0. The number of nitrogens with zero attached hydrogens (tertiary/aromatic N) is 1. The van der Waals surface area contributed by atoms with E-state index in [9.17, 15) is 22.4 Å². The Bertz CT molecular complexity index is 667. The van der Waals surface area contributed by atoms with Crippen LogP contribution in [0, 0.1) is 5.82 Å². The van der Waals surface area contributed by atoms with Crippen molar-refractivity contribution in [3.05, 3.63) is 30.1 Å². The highest BCUT2D eigenvalue weighted by atomic mass is 32.2. The molecule has 20 heavy (non-hydrogen) atoms. The van der Waals surface area contributed by atoms with Crippen molar-refractivity contribution in [1.82, 2.24) is 9.62 Å². The van der Waals surface area contributed by atoms with Crippen LogP contribution in [0.5, 0.6) is 0 Å². The van der Waals surface area contributed by atoms with Crippen molar-refractivity contribution < 1.29 is 22.4 Å². The van der Waals surface area contributed by atoms with Gasteiger partial charge in [-0.25, -0.2) is 12.8 Å². The molecule has 0 aromatic heterocycles. The number of carbonyl (C=O) groups excluding carboxylic acids is 2. The van der Waals surface area contributed by atoms with Crippen LogP contribution in [0.1, 0.15) is 13.8 Å². The molecule has 0 unspecified atom stereocenters. The van der Waals surface area contributed by atoms with Gasteiger partial charge in [-0.1, -0.05) is 0 Å². The normalized spacial score (nSPS) is 19.8. The van der Waals surface area contributed by atoms with E-state index in [-0.39, 0.29) is 4.90 Å². The third kappa shape index (κ3) is 2.32. The number of sulfonamides is 1. The molecule has 0 atom stereocenters. The first-order valence-electron chi connectivity index (χ1n) is 5.78. The molecule has 2 rings (SSSR count). The van der Waals surface area contributed by atoms with Crippen LogP contribution in [-0.2, 0) is 19.6 Å². The fourth-order valence-corrected chi connectivity index (χ4v) is 3.59. The number of hydrogen-bond donors (Lipinski definition) is 1. The van der Waals surface area contributed by atoms with Gasteiger partial charge in [-0.05, 0) is 38.1 Å². The predicted molar refractivity (Wildman–Crippen MR) is 67.5 cm³/mol. The lowest BCUT2D eigenvalue weighted by Crippen LogP contribution is -2.65. The van der Waals surface area contributed by atoms with Gasteiger partial charge in [0.15, 0.2) is 0 Å². The summed E-state index contributed by atoms with van der Waals surface area (Å²) in [4.78, 5) is 23.0. The van der Waals surface area contributed by atoms with E-state index in [1.807, 2.05) is 0 Å². The van der Waals surface area contributed by atoms with Gasteiger partial charge in [0.05, 0.1) is 11.4 Å². The second kappa shape index (κ2) is 4.64. The monoisotopic (exact) mass is 300 g/mol. The van der Waals surface area contributed by atoms with E-state index in [1.165, 1.54) is 13.8 Å². The highest BCUT2D eigenvalue weighted by Gasteiger charge is 2.47. The summed E-state index contributed by atoms with van der Waals surface area (Å²) >= 11 is 0. The first-order valence-corrected chi connectivity index (χ1v) is 7.22. The summed E-state index contributed by atoms with van der Waals surface area (Å²) in [6, 6.07) is 4.20. The summed E-state index contributed by atoms with van der Waals surface area (Å²) in [5, 5.41) is 2.09. The van der Waals surface area contributed by atoms with Crippen LogP contribution >= 0.6 is 0 Å². The molecule has 1 aromatic rings. The van der Waals surface area contributed by atoms with E-state index in [0.717, 1.165) is 28.6 Å². The molecule has 1 N–H and O–H groups in total. The van der Waals surface area contributed by atoms with Gasteiger partial charge in [-0.2, -0.15) is 4.31 Å². The van der Waals surface area contributed by atoms with Crippen molar-refractivity contribution in [2.45, 2.75) is 24.3 Å². The van der Waals surface area contributed by atoms with Crippen LogP contribution < -0.4 is 5.32 Å². The molecular formula is C12H13FN2O4S. The summed E-state index contributed by atoms with van der Waals surface area (Å²) in [5.74, 6) is -1.96. The average molecular weight is 300 g/mol. The van der Waals surface area contributed by atoms with E-state index in [2.05, 4.69) is 5.32 Å². The van der Waals surface area contributed by atoms with Gasteiger partial charge in [0.1, 0.15) is 11.4 Å². The fourth-order valence-electron chi connectivity index (χ4n) is 1.88. The van der Waals surface area contributed by atoms with Crippen LogP contribution in [0.15, 0.2) is 29.2 Å². The number of rotatable bonds is 2. The number of amides is 2. The standard InChI is InChI=1S/C12H13FN2O4S/c1-12(2)11(17)14-10(16)7-15(12)20(18,19)9-5-3-8(13)4-6-9/h3-6H,7H2,1-2H3,(H,14,16,17). The van der Waals surface area contributed by atoms with Gasteiger partial charge in [0.25, 0.3) is 0 Å². The van der Waals surface area contributed by atoms with Crippen LogP contribution in [0.3, 0.4) is 0 Å². The molecule has 1 heterocycles. The average Bonchev–Trinajstić information content (AvgIpc) is 2.34. The number of carbonyl (C=O) groups is 2. The molecule has 0 saturated carbocycles. The molecule has 6 nitrogen and oxygen atoms in total.